The lowest BCUT2D eigenvalue weighted by Gasteiger charge is -2.41. The number of aromatic hydroxyl groups is 1. The monoisotopic (exact) mass is 792 g/mol. The highest BCUT2D eigenvalue weighted by molar-refractivity contribution is 5.91. The lowest BCUT2D eigenvalue weighted by atomic mass is 9.86. The van der Waals surface area contributed by atoms with E-state index >= 15 is 0 Å². The lowest BCUT2D eigenvalue weighted by molar-refractivity contribution is -0.327. The van der Waals surface area contributed by atoms with Crippen LogP contribution in [0.1, 0.15) is 24.5 Å². The van der Waals surface area contributed by atoms with Crippen LogP contribution < -0.4 is 4.74 Å². The van der Waals surface area contributed by atoms with Gasteiger partial charge in [-0.25, -0.2) is 4.79 Å². The van der Waals surface area contributed by atoms with Gasteiger partial charge in [-0.05, 0) is 48.7 Å². The highest BCUT2D eigenvalue weighted by atomic mass is 16.8. The molecule has 2 aromatic carbocycles. The van der Waals surface area contributed by atoms with Crippen LogP contribution >= 0.6 is 0 Å². The van der Waals surface area contributed by atoms with E-state index in [9.17, 15) is 55.5 Å². The van der Waals surface area contributed by atoms with Gasteiger partial charge in [0.2, 0.25) is 6.29 Å². The predicted octanol–water partition coefficient (Wildman–Crippen LogP) is -1.55. The SMILES string of the molecule is C/C=C1/[C@@H](O[C@H]2O[C@H](CO)[C@@H](O)[C@@H](O)[C@@H]2O)OC=C(C(=O)OCCc2ccc(O)cc2)[C@@H]1CC(=O)Oc1ccc(CCO[C@@H]2O[C@H](CO)[C@@H](O)[C@H](O)[C@H]2O)cc1. The van der Waals surface area contributed by atoms with E-state index in [0.717, 1.165) is 17.4 Å². The number of ether oxygens (including phenoxy) is 7. The second kappa shape index (κ2) is 19.9. The third kappa shape index (κ3) is 10.5. The standard InChI is InChI=1S/C38H48O18/c1-2-23-24(15-28(42)53-22-9-5-20(6-10-22)12-14-51-37-33(47)31(45)29(43)26(16-39)54-37)25(35(49)50-13-11-19-3-7-21(41)8-4-19)18-52-36(23)56-38-34(48)32(46)30(44)27(17-40)55-38/h2-10,18,24,26-27,29-34,36-41,43-48H,11-17H2,1H3/b23-2+/t24-,26-,27-,29-,30-,31+,32-,33-,34+,36-,37-,38-/m1/s1. The van der Waals surface area contributed by atoms with Crippen LogP contribution in [0.4, 0.5) is 0 Å². The zero-order valence-corrected chi connectivity index (χ0v) is 30.4. The molecule has 0 radical (unpaired) electrons. The van der Waals surface area contributed by atoms with Crippen molar-refractivity contribution in [2.24, 2.45) is 5.92 Å². The van der Waals surface area contributed by atoms with Crippen molar-refractivity contribution in [1.82, 2.24) is 0 Å². The largest absolute Gasteiger partial charge is 0.508 e. The normalized spacial score (nSPS) is 32.7. The van der Waals surface area contributed by atoms with Crippen LogP contribution in [0.3, 0.4) is 0 Å². The van der Waals surface area contributed by atoms with Gasteiger partial charge in [-0.1, -0.05) is 30.3 Å². The number of carbonyl (C=O) groups is 2. The molecule has 3 aliphatic rings. The van der Waals surface area contributed by atoms with E-state index in [1.807, 2.05) is 0 Å². The minimum absolute atomic E-state index is 0.0320. The fraction of sp³-hybridized carbons (Fsp3) is 0.526. The van der Waals surface area contributed by atoms with Crippen LogP contribution in [0.2, 0.25) is 0 Å². The van der Waals surface area contributed by atoms with E-state index in [4.69, 9.17) is 33.2 Å². The molecule has 2 fully saturated rings. The number of aliphatic hydroxyl groups is 8. The van der Waals surface area contributed by atoms with Crippen molar-refractivity contribution in [2.75, 3.05) is 26.4 Å². The fourth-order valence-electron chi connectivity index (χ4n) is 6.38. The summed E-state index contributed by atoms with van der Waals surface area (Å²) in [7, 11) is 0. The van der Waals surface area contributed by atoms with Gasteiger partial charge >= 0.3 is 11.9 Å². The molecule has 2 aromatic rings. The van der Waals surface area contributed by atoms with E-state index in [1.165, 1.54) is 30.3 Å². The fourth-order valence-corrected chi connectivity index (χ4v) is 6.38. The third-order valence-electron chi connectivity index (χ3n) is 9.65. The van der Waals surface area contributed by atoms with Gasteiger partial charge in [-0.15, -0.1) is 0 Å². The van der Waals surface area contributed by atoms with E-state index in [1.54, 1.807) is 31.2 Å². The molecule has 18 nitrogen and oxygen atoms in total. The molecule has 0 aliphatic carbocycles. The molecule has 0 spiro atoms. The van der Waals surface area contributed by atoms with Crippen molar-refractivity contribution >= 4 is 11.9 Å². The van der Waals surface area contributed by atoms with E-state index < -0.39 is 105 Å². The summed E-state index contributed by atoms with van der Waals surface area (Å²) in [5.41, 5.74) is 1.72. The second-order valence-electron chi connectivity index (χ2n) is 13.4. The zero-order valence-electron chi connectivity index (χ0n) is 30.4. The summed E-state index contributed by atoms with van der Waals surface area (Å²) in [6.07, 6.45) is -13.5. The summed E-state index contributed by atoms with van der Waals surface area (Å²) in [4.78, 5) is 26.8. The number of phenolic OH excluding ortho intramolecular Hbond substituents is 1. The summed E-state index contributed by atoms with van der Waals surface area (Å²) in [6, 6.07) is 12.7. The number of benzene rings is 2. The average Bonchev–Trinajstić information content (AvgIpc) is 3.19. The van der Waals surface area contributed by atoms with Crippen LogP contribution in [-0.2, 0) is 50.9 Å². The number of aliphatic hydroxyl groups excluding tert-OH is 8. The molecule has 3 aliphatic heterocycles. The number of rotatable bonds is 15. The quantitative estimate of drug-likeness (QED) is 0.0561. The Bertz CT molecular complexity index is 1640. The second-order valence-corrected chi connectivity index (χ2v) is 13.4. The van der Waals surface area contributed by atoms with Gasteiger partial charge in [0.15, 0.2) is 12.6 Å². The molecule has 56 heavy (non-hydrogen) atoms. The van der Waals surface area contributed by atoms with Crippen molar-refractivity contribution in [3.8, 4) is 11.5 Å². The van der Waals surface area contributed by atoms with Crippen molar-refractivity contribution in [3.05, 3.63) is 83.1 Å². The summed E-state index contributed by atoms with van der Waals surface area (Å²) in [5.74, 6) is -2.35. The van der Waals surface area contributed by atoms with Crippen molar-refractivity contribution in [2.45, 2.75) is 93.9 Å². The number of allylic oxidation sites excluding steroid dienone is 1. The molecule has 18 heteroatoms. The third-order valence-corrected chi connectivity index (χ3v) is 9.65. The summed E-state index contributed by atoms with van der Waals surface area (Å²) >= 11 is 0. The van der Waals surface area contributed by atoms with Crippen molar-refractivity contribution < 1.29 is 88.7 Å². The Kier molecular flexibility index (Phi) is 15.3. The van der Waals surface area contributed by atoms with Gasteiger partial charge < -0.3 is 79.1 Å². The molecule has 2 saturated heterocycles. The molecule has 9 N–H and O–H groups in total. The van der Waals surface area contributed by atoms with E-state index in [0.29, 0.717) is 12.8 Å². The van der Waals surface area contributed by atoms with Gasteiger partial charge in [0.05, 0.1) is 44.7 Å². The van der Waals surface area contributed by atoms with E-state index in [2.05, 4.69) is 0 Å². The molecular weight excluding hydrogens is 744 g/mol. The van der Waals surface area contributed by atoms with Gasteiger partial charge in [-0.2, -0.15) is 0 Å². The summed E-state index contributed by atoms with van der Waals surface area (Å²) < 4.78 is 39.0. The first-order valence-corrected chi connectivity index (χ1v) is 18.0. The first kappa shape index (κ1) is 43.1. The molecule has 5 rings (SSSR count). The molecule has 12 atom stereocenters. The Balaban J connectivity index is 1.23. The van der Waals surface area contributed by atoms with Crippen LogP contribution in [0.5, 0.6) is 11.5 Å². The molecule has 3 heterocycles. The number of hydrogen-bond acceptors (Lipinski definition) is 18. The van der Waals surface area contributed by atoms with Gasteiger partial charge in [0.1, 0.15) is 60.3 Å². The summed E-state index contributed by atoms with van der Waals surface area (Å²) in [5, 5.41) is 89.6. The minimum Gasteiger partial charge on any atom is -0.508 e. The molecule has 0 bridgehead atoms. The number of hydrogen-bond donors (Lipinski definition) is 9. The molecule has 308 valence electrons. The topological polar surface area (TPSA) is 281 Å². The van der Waals surface area contributed by atoms with Gasteiger partial charge in [-0.3, -0.25) is 4.79 Å². The number of esters is 2. The minimum atomic E-state index is -1.75. The maximum absolute atomic E-state index is 13.4. The maximum atomic E-state index is 13.4. The van der Waals surface area contributed by atoms with Gasteiger partial charge in [0.25, 0.3) is 0 Å². The predicted molar refractivity (Wildman–Crippen MR) is 188 cm³/mol. The van der Waals surface area contributed by atoms with Crippen LogP contribution in [0.25, 0.3) is 0 Å². The van der Waals surface area contributed by atoms with Crippen molar-refractivity contribution in [1.29, 1.82) is 0 Å². The maximum Gasteiger partial charge on any atom is 0.337 e. The molecule has 0 saturated carbocycles. The highest BCUT2D eigenvalue weighted by Crippen LogP contribution is 2.36. The Morgan fingerprint density at radius 1 is 0.732 bits per heavy atom. The van der Waals surface area contributed by atoms with Gasteiger partial charge in [0, 0.05) is 17.9 Å². The Labute approximate surface area is 321 Å². The molecule has 0 amide bonds. The van der Waals surface area contributed by atoms with Crippen molar-refractivity contribution in [3.63, 3.8) is 0 Å². The smallest absolute Gasteiger partial charge is 0.337 e. The summed E-state index contributed by atoms with van der Waals surface area (Å²) in [6.45, 7) is 0.298. The Morgan fingerprint density at radius 2 is 1.29 bits per heavy atom. The first-order valence-electron chi connectivity index (χ1n) is 18.0. The Morgan fingerprint density at radius 3 is 1.88 bits per heavy atom. The molecule has 0 aromatic heterocycles. The lowest BCUT2D eigenvalue weighted by Crippen LogP contribution is -2.60. The molecular formula is C38H48O18. The first-order chi connectivity index (χ1) is 26.8. The Hall–Kier alpha value is -4.02. The van der Waals surface area contributed by atoms with Crippen LogP contribution in [0, 0.1) is 5.92 Å². The van der Waals surface area contributed by atoms with E-state index in [-0.39, 0.29) is 35.9 Å². The van der Waals surface area contributed by atoms with Crippen LogP contribution in [0.15, 0.2) is 72.0 Å². The molecule has 0 unspecified atom stereocenters. The average molecular weight is 793 g/mol. The number of carbonyl (C=O) groups excluding carboxylic acids is 2. The van der Waals surface area contributed by atoms with Crippen LogP contribution in [-0.4, -0.2) is 152 Å². The number of phenols is 1. The highest BCUT2D eigenvalue weighted by Gasteiger charge is 2.47. The zero-order chi connectivity index (χ0) is 40.5.